The largest absolute Gasteiger partial charge is 0.450 e. The average molecular weight is 312 g/mol. The third kappa shape index (κ3) is 2.29. The predicted molar refractivity (Wildman–Crippen MR) is 86.7 cm³/mol. The molecule has 1 aliphatic carbocycles. The first-order valence-electron chi connectivity index (χ1n) is 8.21. The molecule has 2 unspecified atom stereocenters. The number of piperidine rings is 1. The molecule has 1 amide bonds. The normalized spacial score (nSPS) is 23.7. The first-order valence-corrected chi connectivity index (χ1v) is 8.21. The molecule has 2 aromatic rings. The molecule has 6 heteroatoms. The molecule has 4 rings (SSSR count). The SMILES string of the molecule is CCOC(=O)N1CCCC2C(c3ncnc4[nH]ccc34)=CCC21. The molecular formula is C17H20N4O2. The van der Waals surface area contributed by atoms with E-state index >= 15 is 0 Å². The minimum atomic E-state index is -0.189. The van der Waals surface area contributed by atoms with Crippen molar-refractivity contribution < 1.29 is 9.53 Å². The van der Waals surface area contributed by atoms with Gasteiger partial charge in [0.2, 0.25) is 0 Å². The molecular weight excluding hydrogens is 292 g/mol. The highest BCUT2D eigenvalue weighted by molar-refractivity contribution is 5.89. The summed E-state index contributed by atoms with van der Waals surface area (Å²) in [5, 5.41) is 1.05. The van der Waals surface area contributed by atoms with Crippen LogP contribution in [0, 0.1) is 5.92 Å². The second-order valence-corrected chi connectivity index (χ2v) is 6.07. The van der Waals surface area contributed by atoms with Crippen LogP contribution < -0.4 is 0 Å². The van der Waals surface area contributed by atoms with Crippen LogP contribution in [0.4, 0.5) is 4.79 Å². The second-order valence-electron chi connectivity index (χ2n) is 6.07. The summed E-state index contributed by atoms with van der Waals surface area (Å²) < 4.78 is 5.22. The molecule has 2 aliphatic rings. The molecule has 1 aliphatic heterocycles. The Labute approximate surface area is 134 Å². The number of H-pyrrole nitrogens is 1. The molecule has 0 radical (unpaired) electrons. The highest BCUT2D eigenvalue weighted by atomic mass is 16.6. The van der Waals surface area contributed by atoms with E-state index in [1.807, 2.05) is 24.1 Å². The summed E-state index contributed by atoms with van der Waals surface area (Å²) in [7, 11) is 0. The molecule has 0 spiro atoms. The first-order chi connectivity index (χ1) is 11.3. The van der Waals surface area contributed by atoms with E-state index in [0.717, 1.165) is 42.5 Å². The number of likely N-dealkylation sites (tertiary alicyclic amines) is 1. The topological polar surface area (TPSA) is 71.1 Å². The van der Waals surface area contributed by atoms with Crippen molar-refractivity contribution >= 4 is 22.7 Å². The van der Waals surface area contributed by atoms with Gasteiger partial charge in [-0.25, -0.2) is 14.8 Å². The molecule has 6 nitrogen and oxygen atoms in total. The van der Waals surface area contributed by atoms with Gasteiger partial charge < -0.3 is 14.6 Å². The molecule has 1 N–H and O–H groups in total. The van der Waals surface area contributed by atoms with Crippen LogP contribution in [0.25, 0.3) is 16.6 Å². The van der Waals surface area contributed by atoms with Crippen molar-refractivity contribution in [3.05, 3.63) is 30.4 Å². The van der Waals surface area contributed by atoms with Crippen LogP contribution in [0.2, 0.25) is 0 Å². The van der Waals surface area contributed by atoms with Crippen LogP contribution in [0.15, 0.2) is 24.7 Å². The number of nitrogens with zero attached hydrogens (tertiary/aromatic N) is 3. The maximum absolute atomic E-state index is 12.2. The van der Waals surface area contributed by atoms with Crippen molar-refractivity contribution in [3.63, 3.8) is 0 Å². The van der Waals surface area contributed by atoms with Crippen molar-refractivity contribution in [2.45, 2.75) is 32.2 Å². The fourth-order valence-corrected chi connectivity index (χ4v) is 3.92. The number of hydrogen-bond donors (Lipinski definition) is 1. The van der Waals surface area contributed by atoms with Crippen LogP contribution in [0.3, 0.4) is 0 Å². The Kier molecular flexibility index (Phi) is 3.52. The number of amides is 1. The predicted octanol–water partition coefficient (Wildman–Crippen LogP) is 2.98. The summed E-state index contributed by atoms with van der Waals surface area (Å²) in [5.74, 6) is 0.334. The number of ether oxygens (including phenoxy) is 1. The van der Waals surface area contributed by atoms with Crippen LogP contribution in [-0.4, -0.2) is 45.1 Å². The van der Waals surface area contributed by atoms with Gasteiger partial charge in [-0.2, -0.15) is 0 Å². The summed E-state index contributed by atoms with van der Waals surface area (Å²) in [4.78, 5) is 26.0. The number of carbonyl (C=O) groups excluding carboxylic acids is 1. The molecule has 0 aromatic carbocycles. The fourth-order valence-electron chi connectivity index (χ4n) is 3.92. The zero-order valence-electron chi connectivity index (χ0n) is 13.2. The third-order valence-corrected chi connectivity index (χ3v) is 4.89. The van der Waals surface area contributed by atoms with Crippen molar-refractivity contribution in [2.24, 2.45) is 5.92 Å². The number of aromatic nitrogens is 3. The Balaban J connectivity index is 1.65. The summed E-state index contributed by atoms with van der Waals surface area (Å²) in [6.45, 7) is 3.05. The smallest absolute Gasteiger partial charge is 0.410 e. The van der Waals surface area contributed by atoms with Gasteiger partial charge in [0.1, 0.15) is 12.0 Å². The summed E-state index contributed by atoms with van der Waals surface area (Å²) >= 11 is 0. The van der Waals surface area contributed by atoms with Gasteiger partial charge in [-0.05, 0) is 37.8 Å². The molecule has 0 bridgehead atoms. The highest BCUT2D eigenvalue weighted by Gasteiger charge is 2.40. The highest BCUT2D eigenvalue weighted by Crippen LogP contribution is 2.43. The van der Waals surface area contributed by atoms with Gasteiger partial charge in [-0.15, -0.1) is 0 Å². The first kappa shape index (κ1) is 14.2. The van der Waals surface area contributed by atoms with E-state index in [1.54, 1.807) is 6.33 Å². The summed E-state index contributed by atoms with van der Waals surface area (Å²) in [6.07, 6.45) is 8.50. The molecule has 23 heavy (non-hydrogen) atoms. The number of carbonyl (C=O) groups is 1. The van der Waals surface area contributed by atoms with Gasteiger partial charge in [0, 0.05) is 30.1 Å². The Morgan fingerprint density at radius 1 is 1.48 bits per heavy atom. The van der Waals surface area contributed by atoms with Crippen molar-refractivity contribution in [1.82, 2.24) is 19.9 Å². The molecule has 3 heterocycles. The van der Waals surface area contributed by atoms with E-state index in [0.29, 0.717) is 12.5 Å². The average Bonchev–Trinajstić information content (AvgIpc) is 3.21. The van der Waals surface area contributed by atoms with E-state index in [-0.39, 0.29) is 12.1 Å². The van der Waals surface area contributed by atoms with Crippen LogP contribution >= 0.6 is 0 Å². The second kappa shape index (κ2) is 5.68. The van der Waals surface area contributed by atoms with Crippen LogP contribution in [0.1, 0.15) is 31.9 Å². The fraction of sp³-hybridized carbons (Fsp3) is 0.471. The molecule has 120 valence electrons. The standard InChI is InChI=1S/C17H20N4O2/c1-2-23-17(22)21-9-3-4-11-12(5-6-14(11)21)15-13-7-8-18-16(13)20-10-19-15/h5,7-8,10-11,14H,2-4,6,9H2,1H3,(H,18,19,20). The Morgan fingerprint density at radius 2 is 2.39 bits per heavy atom. The van der Waals surface area contributed by atoms with Crippen LogP contribution in [-0.2, 0) is 4.74 Å². The van der Waals surface area contributed by atoms with E-state index in [2.05, 4.69) is 21.0 Å². The van der Waals surface area contributed by atoms with Gasteiger partial charge in [0.25, 0.3) is 0 Å². The maximum Gasteiger partial charge on any atom is 0.410 e. The van der Waals surface area contributed by atoms with Gasteiger partial charge in [-0.3, -0.25) is 0 Å². The quantitative estimate of drug-likeness (QED) is 0.925. The van der Waals surface area contributed by atoms with Crippen LogP contribution in [0.5, 0.6) is 0 Å². The number of nitrogens with one attached hydrogen (secondary N) is 1. The summed E-state index contributed by atoms with van der Waals surface area (Å²) in [6, 6.07) is 2.21. The van der Waals surface area contributed by atoms with E-state index in [1.165, 1.54) is 5.57 Å². The van der Waals surface area contributed by atoms with E-state index < -0.39 is 0 Å². The van der Waals surface area contributed by atoms with Gasteiger partial charge >= 0.3 is 6.09 Å². The van der Waals surface area contributed by atoms with Crippen molar-refractivity contribution in [1.29, 1.82) is 0 Å². The Hall–Kier alpha value is -2.37. The van der Waals surface area contributed by atoms with Crippen molar-refractivity contribution in [2.75, 3.05) is 13.2 Å². The number of fused-ring (bicyclic) bond motifs is 2. The number of hydrogen-bond acceptors (Lipinski definition) is 4. The lowest BCUT2D eigenvalue weighted by molar-refractivity contribution is 0.0698. The molecule has 0 saturated carbocycles. The third-order valence-electron chi connectivity index (χ3n) is 4.89. The minimum absolute atomic E-state index is 0.189. The van der Waals surface area contributed by atoms with Crippen molar-refractivity contribution in [3.8, 4) is 0 Å². The lowest BCUT2D eigenvalue weighted by Gasteiger charge is -2.38. The zero-order chi connectivity index (χ0) is 15.8. The monoisotopic (exact) mass is 312 g/mol. The van der Waals surface area contributed by atoms with Gasteiger partial charge in [0.05, 0.1) is 12.3 Å². The number of aromatic amines is 1. The molecule has 1 fully saturated rings. The lowest BCUT2D eigenvalue weighted by atomic mass is 9.86. The summed E-state index contributed by atoms with van der Waals surface area (Å²) in [5.41, 5.74) is 3.10. The molecule has 2 atom stereocenters. The lowest BCUT2D eigenvalue weighted by Crippen LogP contribution is -2.47. The maximum atomic E-state index is 12.2. The zero-order valence-corrected chi connectivity index (χ0v) is 13.2. The van der Waals surface area contributed by atoms with Gasteiger partial charge in [0.15, 0.2) is 0 Å². The van der Waals surface area contributed by atoms with Gasteiger partial charge in [-0.1, -0.05) is 6.08 Å². The minimum Gasteiger partial charge on any atom is -0.450 e. The number of rotatable bonds is 2. The molecule has 1 saturated heterocycles. The van der Waals surface area contributed by atoms with E-state index in [9.17, 15) is 4.79 Å². The Morgan fingerprint density at radius 3 is 3.26 bits per heavy atom. The van der Waals surface area contributed by atoms with E-state index in [4.69, 9.17) is 4.74 Å². The molecule has 2 aromatic heterocycles. The Bertz CT molecular complexity index is 767.